The minimum absolute atomic E-state index is 0.129. The number of ether oxygens (including phenoxy) is 2. The predicted molar refractivity (Wildman–Crippen MR) is 96.7 cm³/mol. The van der Waals surface area contributed by atoms with Gasteiger partial charge in [0.15, 0.2) is 6.10 Å². The Labute approximate surface area is 149 Å². The van der Waals surface area contributed by atoms with E-state index in [1.54, 1.807) is 14.2 Å². The Morgan fingerprint density at radius 2 is 2.17 bits per heavy atom. The average molecular weight is 391 g/mol. The van der Waals surface area contributed by atoms with E-state index in [1.165, 1.54) is 0 Å². The monoisotopic (exact) mass is 390 g/mol. The molecule has 1 amide bonds. The molecule has 0 aromatic heterocycles. The van der Waals surface area contributed by atoms with Crippen LogP contribution in [0.2, 0.25) is 0 Å². The van der Waals surface area contributed by atoms with Crippen LogP contribution in [-0.2, 0) is 11.3 Å². The molecule has 0 fully saturated rings. The number of methoxy groups -OCH3 is 1. The van der Waals surface area contributed by atoms with Gasteiger partial charge in [-0.2, -0.15) is 0 Å². The number of anilines is 1. The van der Waals surface area contributed by atoms with E-state index in [1.807, 2.05) is 42.5 Å². The predicted octanol–water partition coefficient (Wildman–Crippen LogP) is 2.97. The molecule has 0 spiro atoms. The topological polar surface area (TPSA) is 50.8 Å². The molecule has 0 bridgehead atoms. The molecule has 0 saturated heterocycles. The zero-order valence-electron chi connectivity index (χ0n) is 13.6. The number of fused-ring (bicyclic) bond motifs is 1. The van der Waals surface area contributed by atoms with Crippen LogP contribution in [0.5, 0.6) is 11.5 Å². The van der Waals surface area contributed by atoms with Crippen molar-refractivity contribution in [3.8, 4) is 11.5 Å². The smallest absolute Gasteiger partial charge is 0.262 e. The number of carbonyl (C=O) groups is 1. The summed E-state index contributed by atoms with van der Waals surface area (Å²) < 4.78 is 12.3. The molecule has 6 heteroatoms. The van der Waals surface area contributed by atoms with Gasteiger partial charge in [0.2, 0.25) is 0 Å². The van der Waals surface area contributed by atoms with Gasteiger partial charge in [-0.1, -0.05) is 28.1 Å². The molecule has 0 unspecified atom stereocenters. The van der Waals surface area contributed by atoms with Gasteiger partial charge in [0.1, 0.15) is 11.5 Å². The number of para-hydroxylation sites is 2. The van der Waals surface area contributed by atoms with E-state index in [9.17, 15) is 4.79 Å². The molecule has 24 heavy (non-hydrogen) atoms. The first kappa shape index (κ1) is 16.6. The van der Waals surface area contributed by atoms with Crippen molar-refractivity contribution in [2.24, 2.45) is 0 Å². The third-order valence-electron chi connectivity index (χ3n) is 4.00. The first-order valence-electron chi connectivity index (χ1n) is 7.67. The second kappa shape index (κ2) is 7.13. The van der Waals surface area contributed by atoms with Crippen LogP contribution >= 0.6 is 15.9 Å². The number of rotatable bonds is 4. The van der Waals surface area contributed by atoms with Gasteiger partial charge < -0.3 is 19.7 Å². The maximum atomic E-state index is 12.1. The van der Waals surface area contributed by atoms with E-state index in [-0.39, 0.29) is 5.91 Å². The van der Waals surface area contributed by atoms with E-state index in [0.717, 1.165) is 21.5 Å². The Hall–Kier alpha value is -2.21. The Balaban J connectivity index is 1.94. The van der Waals surface area contributed by atoms with Crippen LogP contribution in [0.1, 0.15) is 5.56 Å². The van der Waals surface area contributed by atoms with Crippen LogP contribution in [-0.4, -0.2) is 32.7 Å². The van der Waals surface area contributed by atoms with Crippen molar-refractivity contribution in [3.05, 3.63) is 52.5 Å². The van der Waals surface area contributed by atoms with Gasteiger partial charge in [-0.3, -0.25) is 4.79 Å². The highest BCUT2D eigenvalue weighted by Crippen LogP contribution is 2.35. The summed E-state index contributed by atoms with van der Waals surface area (Å²) in [5, 5.41) is 2.66. The highest BCUT2D eigenvalue weighted by molar-refractivity contribution is 9.10. The zero-order chi connectivity index (χ0) is 17.1. The summed E-state index contributed by atoms with van der Waals surface area (Å²) in [5.41, 5.74) is 2.01. The van der Waals surface area contributed by atoms with E-state index >= 15 is 0 Å². The van der Waals surface area contributed by atoms with Gasteiger partial charge in [-0.05, 0) is 30.3 Å². The molecular weight excluding hydrogens is 372 g/mol. The molecular formula is C18H19BrN2O3. The number of hydrogen-bond acceptors (Lipinski definition) is 4. The van der Waals surface area contributed by atoms with Crippen LogP contribution in [0.15, 0.2) is 46.9 Å². The molecule has 2 aromatic rings. The van der Waals surface area contributed by atoms with Gasteiger partial charge in [0.25, 0.3) is 5.91 Å². The van der Waals surface area contributed by atoms with E-state index in [0.29, 0.717) is 18.8 Å². The minimum atomic E-state index is -0.539. The largest absolute Gasteiger partial charge is 0.496 e. The normalized spacial score (nSPS) is 16.1. The quantitative estimate of drug-likeness (QED) is 0.871. The van der Waals surface area contributed by atoms with Crippen molar-refractivity contribution in [1.82, 2.24) is 5.32 Å². The van der Waals surface area contributed by atoms with Crippen molar-refractivity contribution < 1.29 is 14.3 Å². The average Bonchev–Trinajstić information content (AvgIpc) is 2.61. The number of halogens is 1. The Bertz CT molecular complexity index is 751. The lowest BCUT2D eigenvalue weighted by Gasteiger charge is -2.35. The summed E-state index contributed by atoms with van der Waals surface area (Å²) in [6.45, 7) is 1.10. The SMILES string of the molecule is CNC(=O)[C@H]1CN(Cc2cc(Br)ccc2OC)c2ccccc2O1. The van der Waals surface area contributed by atoms with Crippen LogP contribution in [0.3, 0.4) is 0 Å². The molecule has 126 valence electrons. The summed E-state index contributed by atoms with van der Waals surface area (Å²) in [7, 11) is 3.28. The first-order chi connectivity index (χ1) is 11.6. The number of benzene rings is 2. The van der Waals surface area contributed by atoms with Gasteiger partial charge in [-0.15, -0.1) is 0 Å². The zero-order valence-corrected chi connectivity index (χ0v) is 15.2. The second-order valence-electron chi connectivity index (χ2n) is 5.53. The maximum absolute atomic E-state index is 12.1. The van der Waals surface area contributed by atoms with E-state index in [4.69, 9.17) is 9.47 Å². The molecule has 1 heterocycles. The summed E-state index contributed by atoms with van der Waals surface area (Å²) in [5.74, 6) is 1.40. The highest BCUT2D eigenvalue weighted by atomic mass is 79.9. The first-order valence-corrected chi connectivity index (χ1v) is 8.46. The lowest BCUT2D eigenvalue weighted by molar-refractivity contribution is -0.127. The molecule has 0 radical (unpaired) electrons. The van der Waals surface area contributed by atoms with Gasteiger partial charge >= 0.3 is 0 Å². The van der Waals surface area contributed by atoms with Crippen molar-refractivity contribution in [3.63, 3.8) is 0 Å². The maximum Gasteiger partial charge on any atom is 0.262 e. The summed E-state index contributed by atoms with van der Waals surface area (Å²) in [4.78, 5) is 14.2. The van der Waals surface area contributed by atoms with E-state index < -0.39 is 6.10 Å². The fraction of sp³-hybridized carbons (Fsp3) is 0.278. The molecule has 3 rings (SSSR count). The van der Waals surface area contributed by atoms with Crippen LogP contribution in [0, 0.1) is 0 Å². The standard InChI is InChI=1S/C18H19BrN2O3/c1-20-18(22)17-11-21(14-5-3-4-6-16(14)24-17)10-12-9-13(19)7-8-15(12)23-2/h3-9,17H,10-11H2,1-2H3,(H,20,22)/t17-/m1/s1. The third kappa shape index (κ3) is 3.33. The lowest BCUT2D eigenvalue weighted by atomic mass is 10.1. The van der Waals surface area contributed by atoms with Crippen molar-refractivity contribution in [2.75, 3.05) is 25.6 Å². The number of amides is 1. The Kier molecular flexibility index (Phi) is 4.94. The van der Waals surface area contributed by atoms with Crippen LogP contribution < -0.4 is 19.7 Å². The van der Waals surface area contributed by atoms with E-state index in [2.05, 4.69) is 26.1 Å². The summed E-state index contributed by atoms with van der Waals surface area (Å²) in [6, 6.07) is 13.7. The molecule has 2 aromatic carbocycles. The fourth-order valence-corrected chi connectivity index (χ4v) is 3.24. The molecule has 0 saturated carbocycles. The van der Waals surface area contributed by atoms with Crippen LogP contribution in [0.25, 0.3) is 0 Å². The summed E-state index contributed by atoms with van der Waals surface area (Å²) >= 11 is 3.51. The van der Waals surface area contributed by atoms with Gasteiger partial charge in [0, 0.05) is 23.6 Å². The number of nitrogens with one attached hydrogen (secondary N) is 1. The molecule has 5 nitrogen and oxygen atoms in total. The molecule has 1 aliphatic heterocycles. The fourth-order valence-electron chi connectivity index (χ4n) is 2.83. The Morgan fingerprint density at radius 3 is 2.92 bits per heavy atom. The molecule has 0 aliphatic carbocycles. The van der Waals surface area contributed by atoms with Crippen molar-refractivity contribution in [1.29, 1.82) is 0 Å². The minimum Gasteiger partial charge on any atom is -0.496 e. The number of hydrogen-bond donors (Lipinski definition) is 1. The molecule has 1 N–H and O–H groups in total. The molecule has 1 atom stereocenters. The highest BCUT2D eigenvalue weighted by Gasteiger charge is 2.30. The Morgan fingerprint density at radius 1 is 1.38 bits per heavy atom. The van der Waals surface area contributed by atoms with Crippen molar-refractivity contribution in [2.45, 2.75) is 12.6 Å². The van der Waals surface area contributed by atoms with Gasteiger partial charge in [0.05, 0.1) is 19.3 Å². The number of carbonyl (C=O) groups excluding carboxylic acids is 1. The van der Waals surface area contributed by atoms with Gasteiger partial charge in [-0.25, -0.2) is 0 Å². The number of likely N-dealkylation sites (N-methyl/N-ethyl adjacent to an activating group) is 1. The third-order valence-corrected chi connectivity index (χ3v) is 4.50. The molecule has 1 aliphatic rings. The second-order valence-corrected chi connectivity index (χ2v) is 6.44. The van der Waals surface area contributed by atoms with Crippen molar-refractivity contribution >= 4 is 27.5 Å². The number of nitrogens with zero attached hydrogens (tertiary/aromatic N) is 1. The lowest BCUT2D eigenvalue weighted by Crippen LogP contribution is -2.47. The van der Waals surface area contributed by atoms with Crippen LogP contribution in [0.4, 0.5) is 5.69 Å². The summed E-state index contributed by atoms with van der Waals surface area (Å²) in [6.07, 6.45) is -0.539.